The number of nitro benzene ring substituents is 1. The van der Waals surface area contributed by atoms with Crippen LogP contribution in [-0.4, -0.2) is 20.1 Å². The predicted octanol–water partition coefficient (Wildman–Crippen LogP) is 1.94. The van der Waals surface area contributed by atoms with E-state index >= 15 is 0 Å². The van der Waals surface area contributed by atoms with Crippen molar-refractivity contribution in [1.29, 1.82) is 0 Å². The molecule has 18 heavy (non-hydrogen) atoms. The van der Waals surface area contributed by atoms with Crippen molar-refractivity contribution in [2.45, 2.75) is 0 Å². The summed E-state index contributed by atoms with van der Waals surface area (Å²) in [4.78, 5) is 27.4. The number of anilines is 1. The van der Waals surface area contributed by atoms with Crippen LogP contribution in [0.4, 0.5) is 11.5 Å². The minimum atomic E-state index is -0.775. The zero-order valence-corrected chi connectivity index (χ0v) is 9.91. The van der Waals surface area contributed by atoms with Crippen molar-refractivity contribution in [2.24, 2.45) is 0 Å². The Morgan fingerprint density at radius 1 is 1.50 bits per heavy atom. The van der Waals surface area contributed by atoms with Crippen LogP contribution in [0.15, 0.2) is 10.9 Å². The van der Waals surface area contributed by atoms with Crippen molar-refractivity contribution in [3.05, 3.63) is 36.6 Å². The number of fused-ring (bicyclic) bond motifs is 1. The molecule has 0 saturated heterocycles. The van der Waals surface area contributed by atoms with E-state index in [4.69, 9.17) is 28.4 Å². The molecule has 0 amide bonds. The second-order valence-corrected chi connectivity index (χ2v) is 3.99. The molecule has 1 aromatic heterocycles. The quantitative estimate of drug-likeness (QED) is 0.574. The van der Waals surface area contributed by atoms with Crippen LogP contribution >= 0.6 is 23.2 Å². The van der Waals surface area contributed by atoms with Crippen LogP contribution in [0.25, 0.3) is 11.0 Å². The van der Waals surface area contributed by atoms with E-state index < -0.39 is 22.0 Å². The smallest absolute Gasteiger partial charge is 0.317 e. The van der Waals surface area contributed by atoms with E-state index in [1.165, 1.54) is 11.5 Å². The fourth-order valence-electron chi connectivity index (χ4n) is 1.40. The Morgan fingerprint density at radius 3 is 2.72 bits per heavy atom. The fraction of sp³-hybridized carbons (Fsp3) is 0. The van der Waals surface area contributed by atoms with Gasteiger partial charge in [-0.3, -0.25) is 20.1 Å². The second kappa shape index (κ2) is 4.41. The van der Waals surface area contributed by atoms with Crippen molar-refractivity contribution >= 4 is 45.7 Å². The second-order valence-electron chi connectivity index (χ2n) is 3.20. The number of hydrogen-bond donors (Lipinski definition) is 3. The van der Waals surface area contributed by atoms with Crippen molar-refractivity contribution in [2.75, 3.05) is 5.48 Å². The number of aromatic nitrogens is 2. The first kappa shape index (κ1) is 12.6. The first-order chi connectivity index (χ1) is 8.45. The van der Waals surface area contributed by atoms with Gasteiger partial charge in [-0.15, -0.1) is 0 Å². The molecule has 0 spiro atoms. The molecule has 0 saturated carbocycles. The van der Waals surface area contributed by atoms with Gasteiger partial charge in [0.25, 0.3) is 5.56 Å². The van der Waals surface area contributed by atoms with Gasteiger partial charge in [-0.1, -0.05) is 23.2 Å². The zero-order chi connectivity index (χ0) is 13.4. The number of benzene rings is 1. The average molecular weight is 291 g/mol. The first-order valence-corrected chi connectivity index (χ1v) is 5.17. The van der Waals surface area contributed by atoms with Crippen LogP contribution in [0.1, 0.15) is 0 Å². The molecule has 94 valence electrons. The average Bonchev–Trinajstić information content (AvgIpc) is 2.30. The Bertz CT molecular complexity index is 714. The maximum Gasteiger partial charge on any atom is 0.317 e. The van der Waals surface area contributed by atoms with Crippen LogP contribution in [-0.2, 0) is 0 Å². The van der Waals surface area contributed by atoms with E-state index in [0.717, 1.165) is 0 Å². The number of nitrogens with zero attached hydrogens (tertiary/aromatic N) is 2. The normalized spacial score (nSPS) is 10.6. The molecule has 0 radical (unpaired) electrons. The molecule has 1 heterocycles. The van der Waals surface area contributed by atoms with Gasteiger partial charge in [-0.25, -0.2) is 10.5 Å². The van der Waals surface area contributed by atoms with Gasteiger partial charge in [-0.2, -0.15) is 0 Å². The van der Waals surface area contributed by atoms with Crippen molar-refractivity contribution < 1.29 is 10.1 Å². The molecule has 0 bridgehead atoms. The summed E-state index contributed by atoms with van der Waals surface area (Å²) in [5.41, 5.74) is 0.0852. The molecule has 0 atom stereocenters. The van der Waals surface area contributed by atoms with E-state index in [1.54, 1.807) is 0 Å². The van der Waals surface area contributed by atoms with E-state index in [2.05, 4.69) is 9.97 Å². The topological polar surface area (TPSA) is 121 Å². The highest BCUT2D eigenvalue weighted by Gasteiger charge is 2.23. The molecule has 2 aromatic rings. The molecule has 0 aliphatic heterocycles. The maximum absolute atomic E-state index is 11.4. The number of rotatable bonds is 2. The number of nitrogens with one attached hydrogen (secondary N) is 2. The minimum Gasteiger partial charge on any atom is -0.317 e. The molecule has 0 fully saturated rings. The van der Waals surface area contributed by atoms with Gasteiger partial charge < -0.3 is 4.98 Å². The van der Waals surface area contributed by atoms with Gasteiger partial charge in [0.1, 0.15) is 5.02 Å². The lowest BCUT2D eigenvalue weighted by molar-refractivity contribution is -0.383. The Hall–Kier alpha value is -1.90. The molecule has 10 heteroatoms. The molecular formula is C8H4Cl2N4O4. The Labute approximate surface area is 108 Å². The fourth-order valence-corrected chi connectivity index (χ4v) is 1.81. The molecule has 1 aromatic carbocycles. The molecular weight excluding hydrogens is 287 g/mol. The van der Waals surface area contributed by atoms with Crippen molar-refractivity contribution in [3.63, 3.8) is 0 Å². The highest BCUT2D eigenvalue weighted by atomic mass is 35.5. The third-order valence-corrected chi connectivity index (χ3v) is 2.92. The van der Waals surface area contributed by atoms with Gasteiger partial charge in [0.15, 0.2) is 5.52 Å². The van der Waals surface area contributed by atoms with Gasteiger partial charge in [0.05, 0.1) is 15.5 Å². The van der Waals surface area contributed by atoms with Gasteiger partial charge >= 0.3 is 5.69 Å². The molecule has 2 rings (SSSR count). The lowest BCUT2D eigenvalue weighted by Crippen LogP contribution is -2.14. The van der Waals surface area contributed by atoms with Crippen LogP contribution in [0.5, 0.6) is 0 Å². The monoisotopic (exact) mass is 290 g/mol. The summed E-state index contributed by atoms with van der Waals surface area (Å²) in [6.07, 6.45) is 0. The summed E-state index contributed by atoms with van der Waals surface area (Å²) < 4.78 is 0. The molecule has 8 nitrogen and oxygen atoms in total. The number of hydrogen-bond acceptors (Lipinski definition) is 6. The summed E-state index contributed by atoms with van der Waals surface area (Å²) in [5.74, 6) is -0.482. The highest BCUT2D eigenvalue weighted by molar-refractivity contribution is 6.44. The Kier molecular flexibility index (Phi) is 3.07. The standard InChI is InChI=1S/C8H4Cl2N4O4/c9-2-1-3-5(6(4(2)10)14(17)18)12-7(13-16)8(15)11-3/h1,16H,(H,11,15)(H,12,13). The predicted molar refractivity (Wildman–Crippen MR) is 64.4 cm³/mol. The molecule has 0 aliphatic rings. The summed E-state index contributed by atoms with van der Waals surface area (Å²) in [5, 5.41) is 19.2. The maximum atomic E-state index is 11.4. The zero-order valence-electron chi connectivity index (χ0n) is 8.40. The summed E-state index contributed by atoms with van der Waals surface area (Å²) in [6.45, 7) is 0. The van der Waals surface area contributed by atoms with Crippen LogP contribution in [0.3, 0.4) is 0 Å². The Balaban J connectivity index is 2.99. The third kappa shape index (κ3) is 1.86. The number of halogens is 2. The Morgan fingerprint density at radius 2 is 2.17 bits per heavy atom. The molecule has 3 N–H and O–H groups in total. The summed E-state index contributed by atoms with van der Waals surface area (Å²) in [6, 6.07) is 1.24. The molecule has 0 aliphatic carbocycles. The van der Waals surface area contributed by atoms with Gasteiger partial charge in [0.2, 0.25) is 5.82 Å². The number of aromatic amines is 1. The largest absolute Gasteiger partial charge is 0.317 e. The van der Waals surface area contributed by atoms with E-state index in [1.807, 2.05) is 0 Å². The highest BCUT2D eigenvalue weighted by Crippen LogP contribution is 2.36. The van der Waals surface area contributed by atoms with Crippen molar-refractivity contribution in [1.82, 2.24) is 9.97 Å². The molecule has 0 unspecified atom stereocenters. The van der Waals surface area contributed by atoms with Crippen molar-refractivity contribution in [3.8, 4) is 0 Å². The van der Waals surface area contributed by atoms with Gasteiger partial charge in [0, 0.05) is 0 Å². The number of nitro groups is 1. The first-order valence-electron chi connectivity index (χ1n) is 4.42. The van der Waals surface area contributed by atoms with E-state index in [9.17, 15) is 14.9 Å². The van der Waals surface area contributed by atoms with Crippen LogP contribution in [0.2, 0.25) is 10.0 Å². The van der Waals surface area contributed by atoms with Gasteiger partial charge in [-0.05, 0) is 6.07 Å². The number of H-pyrrole nitrogens is 1. The van der Waals surface area contributed by atoms with Crippen LogP contribution < -0.4 is 11.0 Å². The van der Waals surface area contributed by atoms with Crippen LogP contribution in [0, 0.1) is 10.1 Å². The SMILES string of the molecule is O=c1[nH]c2cc(Cl)c(Cl)c([N+](=O)[O-])c2nc1NO. The minimum absolute atomic E-state index is 0.0418. The van der Waals surface area contributed by atoms with E-state index in [-0.39, 0.29) is 21.1 Å². The lowest BCUT2D eigenvalue weighted by Gasteiger charge is -2.04. The van der Waals surface area contributed by atoms with E-state index in [0.29, 0.717) is 0 Å². The summed E-state index contributed by atoms with van der Waals surface area (Å²) >= 11 is 11.4. The third-order valence-electron chi connectivity index (χ3n) is 2.14. The summed E-state index contributed by atoms with van der Waals surface area (Å²) in [7, 11) is 0. The lowest BCUT2D eigenvalue weighted by atomic mass is 10.2.